The van der Waals surface area contributed by atoms with E-state index in [1.54, 1.807) is 0 Å². The van der Waals surface area contributed by atoms with Crippen LogP contribution >= 0.6 is 0 Å². The number of halogens is 3. The molecule has 0 amide bonds. The van der Waals surface area contributed by atoms with Gasteiger partial charge in [0.25, 0.3) is 0 Å². The van der Waals surface area contributed by atoms with Crippen molar-refractivity contribution in [3.05, 3.63) is 59.2 Å². The molecule has 2 aromatic rings. The van der Waals surface area contributed by atoms with Gasteiger partial charge in [0.2, 0.25) is 0 Å². The highest BCUT2D eigenvalue weighted by Gasteiger charge is 2.33. The van der Waals surface area contributed by atoms with Gasteiger partial charge in [-0.25, -0.2) is 0 Å². The molecule has 1 aliphatic heterocycles. The van der Waals surface area contributed by atoms with Gasteiger partial charge in [-0.15, -0.1) is 0 Å². The molecule has 0 aromatic heterocycles. The fourth-order valence-electron chi connectivity index (χ4n) is 3.51. The number of unbranched alkanes of at least 4 members (excludes halogenated alkanes) is 1. The summed E-state index contributed by atoms with van der Waals surface area (Å²) in [7, 11) is 0. The minimum atomic E-state index is -4.44. The van der Waals surface area contributed by atoms with Crippen LogP contribution in [0.4, 0.5) is 18.9 Å². The molecule has 1 heterocycles. The third kappa shape index (κ3) is 5.08. The maximum atomic E-state index is 13.1. The first-order valence-electron chi connectivity index (χ1n) is 9.45. The highest BCUT2D eigenvalue weighted by molar-refractivity contribution is 5.62. The standard InChI is InChI=1S/C22H21F3N2O2/c23-22(24,25)19-6-3-17(14-26)21(13-19)27-10-9-18(15-27)16-4-7-20(8-5-16)29-12-2-1-11-28/h3-8,11,13,18H,1-2,9-10,12,15H2/t18-/m1/s1. The number of benzene rings is 2. The van der Waals surface area contributed by atoms with Gasteiger partial charge in [0.1, 0.15) is 18.1 Å². The van der Waals surface area contributed by atoms with Gasteiger partial charge in [-0.1, -0.05) is 12.1 Å². The molecule has 1 atom stereocenters. The monoisotopic (exact) mass is 402 g/mol. The van der Waals surface area contributed by atoms with Gasteiger partial charge in [-0.05, 0) is 48.7 Å². The maximum Gasteiger partial charge on any atom is 0.416 e. The molecule has 3 rings (SSSR count). The number of hydrogen-bond donors (Lipinski definition) is 0. The Morgan fingerprint density at radius 1 is 1.21 bits per heavy atom. The summed E-state index contributed by atoms with van der Waals surface area (Å²) in [5.41, 5.74) is 0.918. The Balaban J connectivity index is 1.69. The van der Waals surface area contributed by atoms with Crippen molar-refractivity contribution < 1.29 is 22.7 Å². The molecular formula is C22H21F3N2O2. The Kier molecular flexibility index (Phi) is 6.42. The number of alkyl halides is 3. The maximum absolute atomic E-state index is 13.1. The number of carbonyl (C=O) groups is 1. The molecule has 152 valence electrons. The van der Waals surface area contributed by atoms with Crippen molar-refractivity contribution in [3.8, 4) is 11.8 Å². The molecule has 4 nitrogen and oxygen atoms in total. The van der Waals surface area contributed by atoms with E-state index in [4.69, 9.17) is 4.74 Å². The van der Waals surface area contributed by atoms with Crippen molar-refractivity contribution >= 4 is 12.0 Å². The van der Waals surface area contributed by atoms with Gasteiger partial charge in [-0.2, -0.15) is 18.4 Å². The van der Waals surface area contributed by atoms with Gasteiger partial charge >= 0.3 is 6.18 Å². The van der Waals surface area contributed by atoms with E-state index in [0.717, 1.165) is 36.2 Å². The Morgan fingerprint density at radius 2 is 1.97 bits per heavy atom. The van der Waals surface area contributed by atoms with Crippen LogP contribution in [0.25, 0.3) is 0 Å². The number of rotatable bonds is 7. The number of ether oxygens (including phenoxy) is 1. The predicted molar refractivity (Wildman–Crippen MR) is 103 cm³/mol. The number of anilines is 1. The smallest absolute Gasteiger partial charge is 0.416 e. The zero-order valence-corrected chi connectivity index (χ0v) is 15.8. The molecule has 0 radical (unpaired) electrons. The van der Waals surface area contributed by atoms with Crippen LogP contribution in [0.2, 0.25) is 0 Å². The van der Waals surface area contributed by atoms with Crippen LogP contribution in [0.15, 0.2) is 42.5 Å². The largest absolute Gasteiger partial charge is 0.494 e. The van der Waals surface area contributed by atoms with Crippen molar-refractivity contribution in [2.24, 2.45) is 0 Å². The number of nitriles is 1. The van der Waals surface area contributed by atoms with E-state index in [1.807, 2.05) is 35.2 Å². The molecular weight excluding hydrogens is 381 g/mol. The first-order chi connectivity index (χ1) is 13.9. The summed E-state index contributed by atoms with van der Waals surface area (Å²) in [5, 5.41) is 9.30. The minimum Gasteiger partial charge on any atom is -0.494 e. The molecule has 2 aromatic carbocycles. The second kappa shape index (κ2) is 8.99. The fraction of sp³-hybridized carbons (Fsp3) is 0.364. The average molecular weight is 402 g/mol. The normalized spacial score (nSPS) is 16.5. The topological polar surface area (TPSA) is 53.3 Å². The van der Waals surface area contributed by atoms with E-state index in [9.17, 15) is 23.2 Å². The first kappa shape index (κ1) is 20.7. The second-order valence-electron chi connectivity index (χ2n) is 7.00. The second-order valence-corrected chi connectivity index (χ2v) is 7.00. The molecule has 0 bridgehead atoms. The van der Waals surface area contributed by atoms with E-state index in [-0.39, 0.29) is 11.5 Å². The lowest BCUT2D eigenvalue weighted by Crippen LogP contribution is -2.21. The number of carbonyl (C=O) groups excluding carboxylic acids is 1. The van der Waals surface area contributed by atoms with Crippen LogP contribution in [0.5, 0.6) is 5.75 Å². The van der Waals surface area contributed by atoms with E-state index in [0.29, 0.717) is 38.2 Å². The highest BCUT2D eigenvalue weighted by atomic mass is 19.4. The zero-order valence-electron chi connectivity index (χ0n) is 15.8. The van der Waals surface area contributed by atoms with E-state index in [2.05, 4.69) is 0 Å². The summed E-state index contributed by atoms with van der Waals surface area (Å²) in [6.45, 7) is 1.61. The summed E-state index contributed by atoms with van der Waals surface area (Å²) in [4.78, 5) is 12.2. The van der Waals surface area contributed by atoms with Crippen molar-refractivity contribution in [1.29, 1.82) is 5.26 Å². The lowest BCUT2D eigenvalue weighted by atomic mass is 9.98. The van der Waals surface area contributed by atoms with Crippen LogP contribution in [-0.4, -0.2) is 26.0 Å². The fourth-order valence-corrected chi connectivity index (χ4v) is 3.51. The Morgan fingerprint density at radius 3 is 2.62 bits per heavy atom. The lowest BCUT2D eigenvalue weighted by molar-refractivity contribution is -0.137. The van der Waals surface area contributed by atoms with Crippen LogP contribution in [0, 0.1) is 11.3 Å². The summed E-state index contributed by atoms with van der Waals surface area (Å²) in [5.74, 6) is 0.888. The minimum absolute atomic E-state index is 0.167. The Hall–Kier alpha value is -3.01. The number of nitrogens with zero attached hydrogens (tertiary/aromatic N) is 2. The lowest BCUT2D eigenvalue weighted by Gasteiger charge is -2.21. The third-order valence-electron chi connectivity index (χ3n) is 5.06. The predicted octanol–water partition coefficient (Wildman–Crippen LogP) is 4.93. The molecule has 1 saturated heterocycles. The van der Waals surface area contributed by atoms with Gasteiger partial charge < -0.3 is 14.4 Å². The number of aldehydes is 1. The molecule has 0 N–H and O–H groups in total. The van der Waals surface area contributed by atoms with E-state index < -0.39 is 11.7 Å². The SMILES string of the molecule is N#Cc1ccc(C(F)(F)F)cc1N1CC[C@@H](c2ccc(OCCCC=O)cc2)C1. The zero-order chi connectivity index (χ0) is 20.9. The molecule has 0 unspecified atom stereocenters. The van der Waals surface area contributed by atoms with Crippen molar-refractivity contribution in [2.45, 2.75) is 31.4 Å². The van der Waals surface area contributed by atoms with Crippen LogP contribution in [0.3, 0.4) is 0 Å². The van der Waals surface area contributed by atoms with Gasteiger partial charge in [-0.3, -0.25) is 0 Å². The summed E-state index contributed by atoms with van der Waals surface area (Å²) in [6, 6.07) is 12.9. The Labute approximate surface area is 167 Å². The van der Waals surface area contributed by atoms with Crippen LogP contribution < -0.4 is 9.64 Å². The molecule has 1 fully saturated rings. The van der Waals surface area contributed by atoms with Crippen molar-refractivity contribution in [3.63, 3.8) is 0 Å². The number of hydrogen-bond acceptors (Lipinski definition) is 4. The third-order valence-corrected chi connectivity index (χ3v) is 5.06. The molecule has 7 heteroatoms. The van der Waals surface area contributed by atoms with Crippen LogP contribution in [-0.2, 0) is 11.0 Å². The van der Waals surface area contributed by atoms with Gasteiger partial charge in [0.05, 0.1) is 23.4 Å². The van der Waals surface area contributed by atoms with E-state index in [1.165, 1.54) is 6.07 Å². The molecule has 29 heavy (non-hydrogen) atoms. The molecule has 0 spiro atoms. The summed E-state index contributed by atoms with van der Waals surface area (Å²) in [6.07, 6.45) is -1.65. The average Bonchev–Trinajstić information content (AvgIpc) is 3.20. The first-order valence-corrected chi connectivity index (χ1v) is 9.45. The summed E-state index contributed by atoms with van der Waals surface area (Å²) >= 11 is 0. The van der Waals surface area contributed by atoms with Gasteiger partial charge in [0.15, 0.2) is 0 Å². The van der Waals surface area contributed by atoms with Gasteiger partial charge in [0, 0.05) is 25.4 Å². The molecule has 1 aliphatic rings. The quantitative estimate of drug-likeness (QED) is 0.487. The van der Waals surface area contributed by atoms with Crippen molar-refractivity contribution in [1.82, 2.24) is 0 Å². The van der Waals surface area contributed by atoms with Crippen molar-refractivity contribution in [2.75, 3.05) is 24.6 Å². The Bertz CT molecular complexity index is 888. The van der Waals surface area contributed by atoms with E-state index >= 15 is 0 Å². The summed E-state index contributed by atoms with van der Waals surface area (Å²) < 4.78 is 44.8. The highest BCUT2D eigenvalue weighted by Crippen LogP contribution is 2.37. The van der Waals surface area contributed by atoms with Crippen LogP contribution in [0.1, 0.15) is 41.9 Å². The molecule has 0 aliphatic carbocycles. The molecule has 0 saturated carbocycles.